The van der Waals surface area contributed by atoms with Crippen molar-refractivity contribution in [2.45, 2.75) is 47.1 Å². The number of amidine groups is 1. The summed E-state index contributed by atoms with van der Waals surface area (Å²) in [5.74, 6) is 0.641. The largest absolute Gasteiger partial charge is 0.508 e. The highest BCUT2D eigenvalue weighted by Crippen LogP contribution is 2.31. The number of aromatic nitrogens is 2. The predicted octanol–water partition coefficient (Wildman–Crippen LogP) is 5.94. The van der Waals surface area contributed by atoms with Crippen LogP contribution in [0.25, 0.3) is 16.7 Å². The first-order chi connectivity index (χ1) is 16.0. The highest BCUT2D eigenvalue weighted by atomic mass is 16.6. The zero-order valence-corrected chi connectivity index (χ0v) is 20.4. The topological polar surface area (TPSA) is 90.8 Å². The quantitative estimate of drug-likeness (QED) is 0.508. The number of phenols is 1. The molecule has 2 aromatic carbocycles. The van der Waals surface area contributed by atoms with Gasteiger partial charge in [-0.1, -0.05) is 24.3 Å². The number of nitrogens with zero attached hydrogens (tertiary/aromatic N) is 3. The maximum absolute atomic E-state index is 13.2. The number of H-pyrrole nitrogens is 1. The Kier molecular flexibility index (Phi) is 6.04. The van der Waals surface area contributed by atoms with Crippen molar-refractivity contribution in [3.63, 3.8) is 0 Å². The van der Waals surface area contributed by atoms with Crippen molar-refractivity contribution in [2.24, 2.45) is 4.99 Å². The molecule has 1 aliphatic rings. The fraction of sp³-hybridized carbons (Fsp3) is 0.296. The lowest BCUT2D eigenvalue weighted by molar-refractivity contribution is 0.0604. The van der Waals surface area contributed by atoms with Gasteiger partial charge in [0.1, 0.15) is 17.2 Å². The number of carbonyl (C=O) groups is 1. The average Bonchev–Trinajstić information content (AvgIpc) is 3.35. The fourth-order valence-electron chi connectivity index (χ4n) is 4.06. The molecule has 2 heterocycles. The molecule has 0 aliphatic carbocycles. The van der Waals surface area contributed by atoms with Gasteiger partial charge >= 0.3 is 6.09 Å². The van der Waals surface area contributed by atoms with E-state index in [1.165, 1.54) is 4.90 Å². The van der Waals surface area contributed by atoms with Gasteiger partial charge in [-0.05, 0) is 88.1 Å². The van der Waals surface area contributed by atoms with Crippen LogP contribution < -0.4 is 4.90 Å². The first-order valence-electron chi connectivity index (χ1n) is 11.2. The highest BCUT2D eigenvalue weighted by Gasteiger charge is 2.29. The second-order valence-electron chi connectivity index (χ2n) is 9.52. The molecule has 7 nitrogen and oxygen atoms in total. The van der Waals surface area contributed by atoms with Gasteiger partial charge in [-0.2, -0.15) is 5.10 Å². The minimum atomic E-state index is -0.662. The second kappa shape index (κ2) is 8.82. The summed E-state index contributed by atoms with van der Waals surface area (Å²) in [6, 6.07) is 13.2. The second-order valence-corrected chi connectivity index (χ2v) is 9.52. The summed E-state index contributed by atoms with van der Waals surface area (Å²) >= 11 is 0. The summed E-state index contributed by atoms with van der Waals surface area (Å²) in [6.07, 6.45) is 1.40. The molecule has 1 amide bonds. The minimum absolute atomic E-state index is 0.137. The predicted molar refractivity (Wildman–Crippen MR) is 135 cm³/mol. The SMILES string of the molecule is Cc1cc(O)ccc1N(C(=O)OC(C)(C)C)C1=NCC(c2ccc(-c3c(C)n[nH]c3C)cc2)=C1. The summed E-state index contributed by atoms with van der Waals surface area (Å²) < 4.78 is 5.68. The number of anilines is 1. The smallest absolute Gasteiger partial charge is 0.420 e. The number of amides is 1. The number of rotatable bonds is 3. The van der Waals surface area contributed by atoms with Crippen LogP contribution in [-0.4, -0.2) is 39.4 Å². The monoisotopic (exact) mass is 458 g/mol. The van der Waals surface area contributed by atoms with Crippen LogP contribution >= 0.6 is 0 Å². The number of aromatic amines is 1. The molecule has 0 fully saturated rings. The van der Waals surface area contributed by atoms with Gasteiger partial charge < -0.3 is 9.84 Å². The van der Waals surface area contributed by atoms with E-state index in [-0.39, 0.29) is 5.75 Å². The molecule has 176 valence electrons. The van der Waals surface area contributed by atoms with Crippen molar-refractivity contribution < 1.29 is 14.6 Å². The van der Waals surface area contributed by atoms with E-state index in [0.717, 1.165) is 39.2 Å². The molecule has 1 aromatic heterocycles. The van der Waals surface area contributed by atoms with E-state index in [4.69, 9.17) is 4.74 Å². The maximum atomic E-state index is 13.2. The lowest BCUT2D eigenvalue weighted by Crippen LogP contribution is -2.40. The molecule has 34 heavy (non-hydrogen) atoms. The first-order valence-corrected chi connectivity index (χ1v) is 11.2. The lowest BCUT2D eigenvalue weighted by Gasteiger charge is -2.27. The zero-order valence-electron chi connectivity index (χ0n) is 20.4. The van der Waals surface area contributed by atoms with Gasteiger partial charge in [0.15, 0.2) is 0 Å². The summed E-state index contributed by atoms with van der Waals surface area (Å²) in [6.45, 7) is 11.8. The van der Waals surface area contributed by atoms with E-state index in [0.29, 0.717) is 18.1 Å². The molecule has 7 heteroatoms. The Morgan fingerprint density at radius 3 is 2.32 bits per heavy atom. The number of hydrogen-bond donors (Lipinski definition) is 2. The van der Waals surface area contributed by atoms with Crippen molar-refractivity contribution in [3.8, 4) is 16.9 Å². The van der Waals surface area contributed by atoms with Gasteiger partial charge in [-0.3, -0.25) is 10.1 Å². The van der Waals surface area contributed by atoms with E-state index in [1.54, 1.807) is 18.2 Å². The van der Waals surface area contributed by atoms with Crippen LogP contribution in [0.5, 0.6) is 5.75 Å². The van der Waals surface area contributed by atoms with Crippen molar-refractivity contribution in [3.05, 3.63) is 71.1 Å². The van der Waals surface area contributed by atoms with E-state index < -0.39 is 11.7 Å². The molecular weight excluding hydrogens is 428 g/mol. The van der Waals surface area contributed by atoms with Crippen molar-refractivity contribution in [1.82, 2.24) is 10.2 Å². The van der Waals surface area contributed by atoms with Crippen molar-refractivity contribution in [1.29, 1.82) is 0 Å². The number of carbonyl (C=O) groups excluding carboxylic acids is 1. The molecular formula is C27H30N4O3. The number of phenolic OH excluding ortho intramolecular Hbond substituents is 1. The number of nitrogens with one attached hydrogen (secondary N) is 1. The zero-order chi connectivity index (χ0) is 24.6. The molecule has 0 bridgehead atoms. The number of benzene rings is 2. The molecule has 4 rings (SSSR count). The molecule has 0 atom stereocenters. The van der Waals surface area contributed by atoms with E-state index in [2.05, 4.69) is 39.5 Å². The van der Waals surface area contributed by atoms with Gasteiger partial charge in [0, 0.05) is 11.3 Å². The van der Waals surface area contributed by atoms with Gasteiger partial charge in [-0.15, -0.1) is 0 Å². The third-order valence-corrected chi connectivity index (χ3v) is 5.61. The van der Waals surface area contributed by atoms with Crippen LogP contribution in [0.4, 0.5) is 10.5 Å². The lowest BCUT2D eigenvalue weighted by atomic mass is 9.99. The number of ether oxygens (including phenoxy) is 1. The first kappa shape index (κ1) is 23.3. The summed E-state index contributed by atoms with van der Waals surface area (Å²) in [7, 11) is 0. The highest BCUT2D eigenvalue weighted by molar-refractivity contribution is 6.23. The van der Waals surface area contributed by atoms with Crippen molar-refractivity contribution in [2.75, 3.05) is 11.4 Å². The molecule has 0 unspecified atom stereocenters. The minimum Gasteiger partial charge on any atom is -0.508 e. The Morgan fingerprint density at radius 1 is 1.06 bits per heavy atom. The number of aromatic hydroxyl groups is 1. The van der Waals surface area contributed by atoms with Gasteiger partial charge in [-0.25, -0.2) is 9.69 Å². The van der Waals surface area contributed by atoms with Crippen LogP contribution in [0.1, 0.15) is 43.3 Å². The Morgan fingerprint density at radius 2 is 1.74 bits per heavy atom. The molecule has 2 N–H and O–H groups in total. The molecule has 0 saturated heterocycles. The Bertz CT molecular complexity index is 1270. The van der Waals surface area contributed by atoms with Crippen LogP contribution in [-0.2, 0) is 4.74 Å². The van der Waals surface area contributed by atoms with E-state index in [1.807, 2.05) is 47.6 Å². The summed E-state index contributed by atoms with van der Waals surface area (Å²) in [5.41, 5.74) is 6.95. The number of hydrogen-bond acceptors (Lipinski definition) is 5. The number of aryl methyl sites for hydroxylation is 3. The van der Waals surface area contributed by atoms with Crippen LogP contribution in [0.15, 0.2) is 53.5 Å². The Balaban J connectivity index is 1.66. The fourth-order valence-corrected chi connectivity index (χ4v) is 4.06. The van der Waals surface area contributed by atoms with Gasteiger partial charge in [0.25, 0.3) is 0 Å². The normalized spacial score (nSPS) is 13.5. The molecule has 1 aliphatic heterocycles. The van der Waals surface area contributed by atoms with Crippen LogP contribution in [0, 0.1) is 20.8 Å². The molecule has 0 saturated carbocycles. The molecule has 3 aromatic rings. The third-order valence-electron chi connectivity index (χ3n) is 5.61. The summed E-state index contributed by atoms with van der Waals surface area (Å²) in [4.78, 5) is 19.3. The average molecular weight is 459 g/mol. The van der Waals surface area contributed by atoms with E-state index >= 15 is 0 Å². The Labute approximate surface area is 199 Å². The standard InChI is InChI=1S/C27H30N4O3/c1-16-13-22(32)11-12-23(16)31(26(33)34-27(4,5)6)24-14-21(15-28-24)19-7-9-20(10-8-19)25-17(2)29-30-18(25)3/h7-14,32H,15H2,1-6H3,(H,29,30). The van der Waals surface area contributed by atoms with E-state index in [9.17, 15) is 9.90 Å². The third kappa shape index (κ3) is 4.73. The van der Waals surface area contributed by atoms with Gasteiger partial charge in [0.05, 0.1) is 17.9 Å². The molecule has 0 radical (unpaired) electrons. The number of aliphatic imine (C=N–C) groups is 1. The van der Waals surface area contributed by atoms with Crippen LogP contribution in [0.2, 0.25) is 0 Å². The van der Waals surface area contributed by atoms with Crippen LogP contribution in [0.3, 0.4) is 0 Å². The van der Waals surface area contributed by atoms with Crippen molar-refractivity contribution >= 4 is 23.2 Å². The summed E-state index contributed by atoms with van der Waals surface area (Å²) in [5, 5.41) is 17.2. The molecule has 0 spiro atoms. The van der Waals surface area contributed by atoms with Gasteiger partial charge in [0.2, 0.25) is 0 Å². The Hall–Kier alpha value is -3.87. The maximum Gasteiger partial charge on any atom is 0.420 e.